The summed E-state index contributed by atoms with van der Waals surface area (Å²) >= 11 is 0. The maximum atomic E-state index is 11.3. The zero-order valence-electron chi connectivity index (χ0n) is 14.2. The van der Waals surface area contributed by atoms with Crippen molar-refractivity contribution < 1.29 is 13.2 Å². The van der Waals surface area contributed by atoms with E-state index in [0.29, 0.717) is 24.8 Å². The highest BCUT2D eigenvalue weighted by atomic mass is 32.2. The van der Waals surface area contributed by atoms with E-state index in [1.807, 2.05) is 30.3 Å². The standard InChI is InChI=1S/C18H21N3O3S/c1-13(2)14-3-5-16(6-4-14)24-10-9-21-18-8-7-17(25(20,22)23)11-15(18)12-19/h3-8,11,13,21H,9-10H2,1-2H3,(H2,20,22,23). The quantitative estimate of drug-likeness (QED) is 0.740. The largest absolute Gasteiger partial charge is 0.492 e. The van der Waals surface area contributed by atoms with Crippen LogP contribution in [0.4, 0.5) is 5.69 Å². The molecule has 2 rings (SSSR count). The van der Waals surface area contributed by atoms with Gasteiger partial charge in [0.05, 0.1) is 16.1 Å². The highest BCUT2D eigenvalue weighted by Gasteiger charge is 2.11. The summed E-state index contributed by atoms with van der Waals surface area (Å²) in [5.74, 6) is 1.25. The molecule has 0 saturated heterocycles. The Morgan fingerprint density at radius 3 is 2.44 bits per heavy atom. The maximum absolute atomic E-state index is 11.3. The first-order valence-corrected chi connectivity index (χ1v) is 9.39. The lowest BCUT2D eigenvalue weighted by atomic mass is 10.0. The molecule has 6 nitrogen and oxygen atoms in total. The normalized spacial score (nSPS) is 11.2. The Kier molecular flexibility index (Phi) is 6.02. The van der Waals surface area contributed by atoms with Crippen LogP contribution in [-0.4, -0.2) is 21.6 Å². The molecule has 0 aliphatic carbocycles. The van der Waals surface area contributed by atoms with Crippen LogP contribution in [0.25, 0.3) is 0 Å². The summed E-state index contributed by atoms with van der Waals surface area (Å²) in [5.41, 5.74) is 2.00. The monoisotopic (exact) mass is 359 g/mol. The van der Waals surface area contributed by atoms with Gasteiger partial charge in [0.2, 0.25) is 10.0 Å². The molecule has 0 aliphatic heterocycles. The Balaban J connectivity index is 1.92. The van der Waals surface area contributed by atoms with Crippen LogP contribution >= 0.6 is 0 Å². The molecular formula is C18H21N3O3S. The van der Waals surface area contributed by atoms with Crippen molar-refractivity contribution in [2.45, 2.75) is 24.7 Å². The molecule has 0 radical (unpaired) electrons. The van der Waals surface area contributed by atoms with Crippen molar-refractivity contribution in [2.24, 2.45) is 5.14 Å². The van der Waals surface area contributed by atoms with E-state index in [0.717, 1.165) is 5.75 Å². The first-order chi connectivity index (χ1) is 11.8. The van der Waals surface area contributed by atoms with Crippen molar-refractivity contribution >= 4 is 15.7 Å². The predicted octanol–water partition coefficient (Wildman–Crippen LogP) is 2.82. The number of nitrogens with two attached hydrogens (primary N) is 1. The van der Waals surface area contributed by atoms with Gasteiger partial charge < -0.3 is 10.1 Å². The van der Waals surface area contributed by atoms with Crippen molar-refractivity contribution in [3.63, 3.8) is 0 Å². The lowest BCUT2D eigenvalue weighted by Crippen LogP contribution is -2.14. The molecule has 0 aliphatic rings. The van der Waals surface area contributed by atoms with Crippen LogP contribution in [0.2, 0.25) is 0 Å². The van der Waals surface area contributed by atoms with Gasteiger partial charge in [0.25, 0.3) is 0 Å². The number of benzene rings is 2. The van der Waals surface area contributed by atoms with Crippen molar-refractivity contribution in [2.75, 3.05) is 18.5 Å². The molecule has 2 aromatic carbocycles. The van der Waals surface area contributed by atoms with E-state index < -0.39 is 10.0 Å². The lowest BCUT2D eigenvalue weighted by molar-refractivity contribution is 0.333. The third kappa shape index (κ3) is 5.21. The van der Waals surface area contributed by atoms with Crippen molar-refractivity contribution in [1.29, 1.82) is 5.26 Å². The molecular weight excluding hydrogens is 338 g/mol. The summed E-state index contributed by atoms with van der Waals surface area (Å²) in [7, 11) is -3.83. The molecule has 132 valence electrons. The van der Waals surface area contributed by atoms with E-state index in [1.165, 1.54) is 23.8 Å². The van der Waals surface area contributed by atoms with Crippen LogP contribution in [0.5, 0.6) is 5.75 Å². The Bertz CT molecular complexity index is 869. The van der Waals surface area contributed by atoms with Crippen molar-refractivity contribution in [3.05, 3.63) is 53.6 Å². The minimum atomic E-state index is -3.83. The fourth-order valence-corrected chi connectivity index (χ4v) is 2.79. The fourth-order valence-electron chi connectivity index (χ4n) is 2.25. The summed E-state index contributed by atoms with van der Waals surface area (Å²) in [6, 6.07) is 14.0. The van der Waals surface area contributed by atoms with Gasteiger partial charge in [0, 0.05) is 6.54 Å². The van der Waals surface area contributed by atoms with Crippen LogP contribution in [0.3, 0.4) is 0 Å². The molecule has 0 aromatic heterocycles. The third-order valence-electron chi connectivity index (χ3n) is 3.67. The second-order valence-electron chi connectivity index (χ2n) is 5.86. The van der Waals surface area contributed by atoms with Crippen LogP contribution in [0.15, 0.2) is 47.4 Å². The van der Waals surface area contributed by atoms with Gasteiger partial charge in [-0.1, -0.05) is 26.0 Å². The second kappa shape index (κ2) is 8.01. The van der Waals surface area contributed by atoms with E-state index >= 15 is 0 Å². The molecule has 2 aromatic rings. The maximum Gasteiger partial charge on any atom is 0.238 e. The first-order valence-electron chi connectivity index (χ1n) is 7.85. The number of nitriles is 1. The zero-order valence-corrected chi connectivity index (χ0v) is 15.0. The number of hydrogen-bond acceptors (Lipinski definition) is 5. The van der Waals surface area contributed by atoms with Gasteiger partial charge in [-0.15, -0.1) is 0 Å². The second-order valence-corrected chi connectivity index (χ2v) is 7.42. The molecule has 0 fully saturated rings. The third-order valence-corrected chi connectivity index (χ3v) is 4.58. The minimum Gasteiger partial charge on any atom is -0.492 e. The molecule has 0 atom stereocenters. The highest BCUT2D eigenvalue weighted by molar-refractivity contribution is 7.89. The number of nitrogens with one attached hydrogen (secondary N) is 1. The van der Waals surface area contributed by atoms with Gasteiger partial charge in [-0.3, -0.25) is 0 Å². The summed E-state index contributed by atoms with van der Waals surface area (Å²) in [6.45, 7) is 5.14. The number of nitrogens with zero attached hydrogens (tertiary/aromatic N) is 1. The molecule has 0 bridgehead atoms. The van der Waals surface area contributed by atoms with Gasteiger partial charge >= 0.3 is 0 Å². The van der Waals surface area contributed by atoms with Crippen molar-refractivity contribution in [1.82, 2.24) is 0 Å². The summed E-state index contributed by atoms with van der Waals surface area (Å²) in [6.07, 6.45) is 0. The van der Waals surface area contributed by atoms with E-state index in [9.17, 15) is 8.42 Å². The van der Waals surface area contributed by atoms with E-state index in [2.05, 4.69) is 19.2 Å². The van der Waals surface area contributed by atoms with E-state index in [1.54, 1.807) is 0 Å². The smallest absolute Gasteiger partial charge is 0.238 e. The Hall–Kier alpha value is -2.56. The fraction of sp³-hybridized carbons (Fsp3) is 0.278. The topological polar surface area (TPSA) is 105 Å². The zero-order chi connectivity index (χ0) is 18.4. The van der Waals surface area contributed by atoms with E-state index in [-0.39, 0.29) is 10.5 Å². The van der Waals surface area contributed by atoms with Crippen LogP contribution < -0.4 is 15.2 Å². The number of ether oxygens (including phenoxy) is 1. The first kappa shape index (κ1) is 18.8. The number of hydrogen-bond donors (Lipinski definition) is 2. The molecule has 3 N–H and O–H groups in total. The lowest BCUT2D eigenvalue weighted by Gasteiger charge is -2.11. The molecule has 0 spiro atoms. The average Bonchev–Trinajstić information content (AvgIpc) is 2.58. The summed E-state index contributed by atoms with van der Waals surface area (Å²) in [5, 5.41) is 17.3. The van der Waals surface area contributed by atoms with Gasteiger partial charge in [-0.25, -0.2) is 13.6 Å². The van der Waals surface area contributed by atoms with Gasteiger partial charge in [0.15, 0.2) is 0 Å². The highest BCUT2D eigenvalue weighted by Crippen LogP contribution is 2.20. The van der Waals surface area contributed by atoms with Gasteiger partial charge in [0.1, 0.15) is 18.4 Å². The number of rotatable bonds is 7. The Morgan fingerprint density at radius 2 is 1.88 bits per heavy atom. The van der Waals surface area contributed by atoms with Gasteiger partial charge in [-0.05, 0) is 41.8 Å². The molecule has 7 heteroatoms. The van der Waals surface area contributed by atoms with Gasteiger partial charge in [-0.2, -0.15) is 5.26 Å². The molecule has 0 unspecified atom stereocenters. The average molecular weight is 359 g/mol. The van der Waals surface area contributed by atoms with Crippen LogP contribution in [0.1, 0.15) is 30.9 Å². The summed E-state index contributed by atoms with van der Waals surface area (Å²) in [4.78, 5) is -0.0870. The Labute approximate surface area is 148 Å². The number of anilines is 1. The predicted molar refractivity (Wildman–Crippen MR) is 97.0 cm³/mol. The van der Waals surface area contributed by atoms with Crippen LogP contribution in [-0.2, 0) is 10.0 Å². The summed E-state index contributed by atoms with van der Waals surface area (Å²) < 4.78 is 28.3. The molecule has 0 heterocycles. The number of sulfonamides is 1. The minimum absolute atomic E-state index is 0.0870. The number of primary sulfonamides is 1. The van der Waals surface area contributed by atoms with E-state index in [4.69, 9.17) is 15.1 Å². The molecule has 0 saturated carbocycles. The SMILES string of the molecule is CC(C)c1ccc(OCCNc2ccc(S(N)(=O)=O)cc2C#N)cc1. The molecule has 0 amide bonds. The van der Waals surface area contributed by atoms with Crippen molar-refractivity contribution in [3.8, 4) is 11.8 Å². The van der Waals surface area contributed by atoms with Crippen LogP contribution in [0, 0.1) is 11.3 Å². The Morgan fingerprint density at radius 1 is 1.20 bits per heavy atom. The molecule has 25 heavy (non-hydrogen) atoms.